The Kier molecular flexibility index (Phi) is 5.35. The lowest BCUT2D eigenvalue weighted by Gasteiger charge is -2.26. The molecule has 2 N–H and O–H groups in total. The molecular weight excluding hydrogens is 294 g/mol. The van der Waals surface area contributed by atoms with Gasteiger partial charge in [-0.25, -0.2) is 0 Å². The minimum absolute atomic E-state index is 0.545. The SMILES string of the molecule is CCCC(C)(NCc1ccc(C)cc1Br)C(=O)O. The highest BCUT2D eigenvalue weighted by molar-refractivity contribution is 9.10. The summed E-state index contributed by atoms with van der Waals surface area (Å²) in [5.74, 6) is -0.799. The highest BCUT2D eigenvalue weighted by atomic mass is 79.9. The lowest BCUT2D eigenvalue weighted by atomic mass is 9.96. The summed E-state index contributed by atoms with van der Waals surface area (Å²) in [7, 11) is 0. The van der Waals surface area contributed by atoms with Crippen molar-refractivity contribution in [3.8, 4) is 0 Å². The Balaban J connectivity index is 2.76. The standard InChI is InChI=1S/C14H20BrNO2/c1-4-7-14(3,13(17)18)16-9-11-6-5-10(2)8-12(11)15/h5-6,8,16H,4,7,9H2,1-3H3,(H,17,18). The van der Waals surface area contributed by atoms with E-state index in [1.54, 1.807) is 6.92 Å². The summed E-state index contributed by atoms with van der Waals surface area (Å²) in [6, 6.07) is 6.08. The van der Waals surface area contributed by atoms with Crippen molar-refractivity contribution in [1.29, 1.82) is 0 Å². The summed E-state index contributed by atoms with van der Waals surface area (Å²) in [5, 5.41) is 12.4. The van der Waals surface area contributed by atoms with Crippen molar-refractivity contribution in [3.05, 3.63) is 33.8 Å². The van der Waals surface area contributed by atoms with E-state index >= 15 is 0 Å². The van der Waals surface area contributed by atoms with Crippen LogP contribution < -0.4 is 5.32 Å². The summed E-state index contributed by atoms with van der Waals surface area (Å²) in [5.41, 5.74) is 1.39. The fraction of sp³-hybridized carbons (Fsp3) is 0.500. The zero-order valence-corrected chi connectivity index (χ0v) is 12.7. The Morgan fingerprint density at radius 3 is 2.67 bits per heavy atom. The Hall–Kier alpha value is -0.870. The number of hydrogen-bond donors (Lipinski definition) is 2. The fourth-order valence-corrected chi connectivity index (χ4v) is 2.49. The van der Waals surface area contributed by atoms with Crippen LogP contribution in [-0.4, -0.2) is 16.6 Å². The Morgan fingerprint density at radius 1 is 1.50 bits per heavy atom. The molecule has 0 aliphatic carbocycles. The molecule has 0 saturated heterocycles. The highest BCUT2D eigenvalue weighted by Crippen LogP contribution is 2.20. The first-order valence-corrected chi connectivity index (χ1v) is 6.92. The van der Waals surface area contributed by atoms with Crippen LogP contribution in [0.15, 0.2) is 22.7 Å². The molecule has 3 nitrogen and oxygen atoms in total. The van der Waals surface area contributed by atoms with Crippen molar-refractivity contribution in [2.75, 3.05) is 0 Å². The zero-order valence-electron chi connectivity index (χ0n) is 11.1. The van der Waals surface area contributed by atoms with Gasteiger partial charge < -0.3 is 5.11 Å². The van der Waals surface area contributed by atoms with Crippen LogP contribution in [0.25, 0.3) is 0 Å². The van der Waals surface area contributed by atoms with Gasteiger partial charge in [0.25, 0.3) is 0 Å². The second-order valence-corrected chi connectivity index (χ2v) is 5.69. The molecule has 1 atom stereocenters. The second kappa shape index (κ2) is 6.34. The molecule has 1 aromatic carbocycles. The summed E-state index contributed by atoms with van der Waals surface area (Å²) in [4.78, 5) is 11.3. The number of aliphatic carboxylic acids is 1. The molecule has 0 heterocycles. The Labute approximate surface area is 117 Å². The number of halogens is 1. The summed E-state index contributed by atoms with van der Waals surface area (Å²) < 4.78 is 1.01. The maximum absolute atomic E-state index is 11.3. The first kappa shape index (κ1) is 15.2. The molecule has 0 amide bonds. The maximum atomic E-state index is 11.3. The van der Waals surface area contributed by atoms with Crippen LogP contribution in [0.4, 0.5) is 0 Å². The van der Waals surface area contributed by atoms with Gasteiger partial charge in [0.15, 0.2) is 0 Å². The van der Waals surface area contributed by atoms with E-state index in [9.17, 15) is 9.90 Å². The smallest absolute Gasteiger partial charge is 0.323 e. The molecule has 0 radical (unpaired) electrons. The van der Waals surface area contributed by atoms with Crippen LogP contribution in [0.3, 0.4) is 0 Å². The van der Waals surface area contributed by atoms with Gasteiger partial charge in [0.2, 0.25) is 0 Å². The summed E-state index contributed by atoms with van der Waals surface area (Å²) in [6.45, 7) is 6.30. The molecule has 1 aromatic rings. The molecule has 0 saturated carbocycles. The van der Waals surface area contributed by atoms with Gasteiger partial charge >= 0.3 is 5.97 Å². The number of carboxylic acids is 1. The van der Waals surface area contributed by atoms with Crippen LogP contribution >= 0.6 is 15.9 Å². The van der Waals surface area contributed by atoms with Crippen LogP contribution in [-0.2, 0) is 11.3 Å². The molecule has 0 aliphatic heterocycles. The van der Waals surface area contributed by atoms with E-state index in [1.807, 2.05) is 32.0 Å². The number of benzene rings is 1. The molecule has 0 spiro atoms. The predicted molar refractivity (Wildman–Crippen MR) is 76.7 cm³/mol. The van der Waals surface area contributed by atoms with Gasteiger partial charge in [-0.15, -0.1) is 0 Å². The number of aryl methyl sites for hydroxylation is 1. The fourth-order valence-electron chi connectivity index (χ4n) is 1.86. The molecule has 0 aromatic heterocycles. The van der Waals surface area contributed by atoms with E-state index in [0.29, 0.717) is 13.0 Å². The molecule has 1 unspecified atom stereocenters. The van der Waals surface area contributed by atoms with Gasteiger partial charge in [0.1, 0.15) is 5.54 Å². The number of hydrogen-bond acceptors (Lipinski definition) is 2. The molecule has 4 heteroatoms. The van der Waals surface area contributed by atoms with Crippen molar-refractivity contribution in [1.82, 2.24) is 5.32 Å². The lowest BCUT2D eigenvalue weighted by molar-refractivity contribution is -0.144. The molecule has 1 rings (SSSR count). The maximum Gasteiger partial charge on any atom is 0.323 e. The predicted octanol–water partition coefficient (Wildman–Crippen LogP) is 3.49. The van der Waals surface area contributed by atoms with Gasteiger partial charge in [-0.3, -0.25) is 10.1 Å². The molecule has 18 heavy (non-hydrogen) atoms. The van der Waals surface area contributed by atoms with E-state index in [4.69, 9.17) is 0 Å². The largest absolute Gasteiger partial charge is 0.480 e. The normalized spacial score (nSPS) is 14.2. The van der Waals surface area contributed by atoms with Crippen molar-refractivity contribution >= 4 is 21.9 Å². The average Bonchev–Trinajstić information content (AvgIpc) is 2.28. The number of nitrogens with one attached hydrogen (secondary N) is 1. The Morgan fingerprint density at radius 2 is 2.17 bits per heavy atom. The summed E-state index contributed by atoms with van der Waals surface area (Å²) >= 11 is 3.50. The van der Waals surface area contributed by atoms with Crippen LogP contribution in [0.1, 0.15) is 37.8 Å². The van der Waals surface area contributed by atoms with Gasteiger partial charge in [-0.1, -0.05) is 41.4 Å². The van der Waals surface area contributed by atoms with E-state index in [-0.39, 0.29) is 0 Å². The van der Waals surface area contributed by atoms with Crippen LogP contribution in [0, 0.1) is 6.92 Å². The van der Waals surface area contributed by atoms with E-state index in [2.05, 4.69) is 21.2 Å². The third-order valence-corrected chi connectivity index (χ3v) is 3.84. The van der Waals surface area contributed by atoms with E-state index in [0.717, 1.165) is 16.5 Å². The third kappa shape index (κ3) is 3.82. The molecular formula is C14H20BrNO2. The lowest BCUT2D eigenvalue weighted by Crippen LogP contribution is -2.48. The van der Waals surface area contributed by atoms with Crippen molar-refractivity contribution < 1.29 is 9.90 Å². The average molecular weight is 314 g/mol. The quantitative estimate of drug-likeness (QED) is 0.845. The van der Waals surface area contributed by atoms with E-state index in [1.165, 1.54) is 5.56 Å². The molecule has 0 aliphatic rings. The first-order valence-electron chi connectivity index (χ1n) is 6.12. The van der Waals surface area contributed by atoms with Gasteiger partial charge in [-0.05, 0) is 37.5 Å². The van der Waals surface area contributed by atoms with Crippen molar-refractivity contribution in [2.45, 2.75) is 45.7 Å². The second-order valence-electron chi connectivity index (χ2n) is 4.84. The minimum atomic E-state index is -0.862. The van der Waals surface area contributed by atoms with Gasteiger partial charge in [0.05, 0.1) is 0 Å². The molecule has 0 bridgehead atoms. The van der Waals surface area contributed by atoms with Gasteiger partial charge in [-0.2, -0.15) is 0 Å². The number of rotatable bonds is 6. The van der Waals surface area contributed by atoms with E-state index < -0.39 is 11.5 Å². The summed E-state index contributed by atoms with van der Waals surface area (Å²) in [6.07, 6.45) is 1.46. The Bertz CT molecular complexity index is 434. The van der Waals surface area contributed by atoms with Gasteiger partial charge in [0, 0.05) is 11.0 Å². The van der Waals surface area contributed by atoms with Crippen LogP contribution in [0.5, 0.6) is 0 Å². The minimum Gasteiger partial charge on any atom is -0.480 e. The van der Waals surface area contributed by atoms with Crippen LogP contribution in [0.2, 0.25) is 0 Å². The highest BCUT2D eigenvalue weighted by Gasteiger charge is 2.31. The number of carbonyl (C=O) groups is 1. The molecule has 100 valence electrons. The van der Waals surface area contributed by atoms with Crippen molar-refractivity contribution in [3.63, 3.8) is 0 Å². The topological polar surface area (TPSA) is 49.3 Å². The third-order valence-electron chi connectivity index (χ3n) is 3.10. The van der Waals surface area contributed by atoms with Crippen molar-refractivity contribution in [2.24, 2.45) is 0 Å². The first-order chi connectivity index (χ1) is 8.39. The monoisotopic (exact) mass is 313 g/mol. The molecule has 0 fully saturated rings. The number of carboxylic acid groups (broad SMARTS) is 1. The zero-order chi connectivity index (χ0) is 13.8.